The number of piperidine rings is 1. The molecular formula is C9H18N2OS. The molecule has 2 N–H and O–H groups in total. The first-order valence-electron chi connectivity index (χ1n) is 4.74. The topological polar surface area (TPSA) is 41.1 Å². The summed E-state index contributed by atoms with van der Waals surface area (Å²) < 4.78 is 0. The van der Waals surface area contributed by atoms with Crippen molar-refractivity contribution in [3.8, 4) is 0 Å². The van der Waals surface area contributed by atoms with Crippen molar-refractivity contribution >= 4 is 17.7 Å². The van der Waals surface area contributed by atoms with Crippen molar-refractivity contribution in [2.24, 2.45) is 0 Å². The van der Waals surface area contributed by atoms with Crippen LogP contribution in [0.4, 0.5) is 0 Å². The van der Waals surface area contributed by atoms with E-state index < -0.39 is 0 Å². The third-order valence-corrected chi connectivity index (χ3v) is 2.82. The molecule has 1 fully saturated rings. The molecule has 1 amide bonds. The number of rotatable bonds is 3. The zero-order chi connectivity index (χ0) is 9.68. The van der Waals surface area contributed by atoms with Crippen molar-refractivity contribution in [2.75, 3.05) is 18.6 Å². The van der Waals surface area contributed by atoms with E-state index in [0.29, 0.717) is 17.8 Å². The smallest absolute Gasteiger partial charge is 0.230 e. The molecule has 3 nitrogen and oxygen atoms in total. The molecule has 1 heterocycles. The summed E-state index contributed by atoms with van der Waals surface area (Å²) in [6.07, 6.45) is 4.06. The SMILES string of the molecule is CSCC(=O)NC1CCNC(C)C1. The van der Waals surface area contributed by atoms with Gasteiger partial charge in [-0.25, -0.2) is 0 Å². The van der Waals surface area contributed by atoms with Crippen molar-refractivity contribution in [3.05, 3.63) is 0 Å². The summed E-state index contributed by atoms with van der Waals surface area (Å²) in [5.74, 6) is 0.754. The summed E-state index contributed by atoms with van der Waals surface area (Å²) >= 11 is 1.57. The molecule has 2 atom stereocenters. The van der Waals surface area contributed by atoms with Gasteiger partial charge >= 0.3 is 0 Å². The van der Waals surface area contributed by atoms with E-state index in [9.17, 15) is 4.79 Å². The highest BCUT2D eigenvalue weighted by Crippen LogP contribution is 2.08. The number of nitrogens with one attached hydrogen (secondary N) is 2. The first-order chi connectivity index (χ1) is 6.22. The first-order valence-corrected chi connectivity index (χ1v) is 6.13. The summed E-state index contributed by atoms with van der Waals surface area (Å²) in [5, 5.41) is 6.41. The van der Waals surface area contributed by atoms with Crippen molar-refractivity contribution in [3.63, 3.8) is 0 Å². The molecule has 4 heteroatoms. The molecule has 13 heavy (non-hydrogen) atoms. The Kier molecular flexibility index (Phi) is 4.59. The van der Waals surface area contributed by atoms with E-state index in [2.05, 4.69) is 17.6 Å². The second-order valence-corrected chi connectivity index (χ2v) is 4.44. The van der Waals surface area contributed by atoms with Gasteiger partial charge in [-0.1, -0.05) is 0 Å². The van der Waals surface area contributed by atoms with Crippen molar-refractivity contribution in [2.45, 2.75) is 31.8 Å². The maximum atomic E-state index is 11.3. The largest absolute Gasteiger partial charge is 0.353 e. The number of amides is 1. The molecule has 0 aromatic carbocycles. The van der Waals surface area contributed by atoms with E-state index in [1.54, 1.807) is 11.8 Å². The van der Waals surface area contributed by atoms with E-state index >= 15 is 0 Å². The van der Waals surface area contributed by atoms with Gasteiger partial charge in [0.2, 0.25) is 5.91 Å². The van der Waals surface area contributed by atoms with Crippen LogP contribution in [0.25, 0.3) is 0 Å². The highest BCUT2D eigenvalue weighted by molar-refractivity contribution is 7.99. The number of hydrogen-bond donors (Lipinski definition) is 2. The van der Waals surface area contributed by atoms with Gasteiger partial charge in [-0.15, -0.1) is 0 Å². The van der Waals surface area contributed by atoms with Crippen molar-refractivity contribution in [1.29, 1.82) is 0 Å². The Morgan fingerprint density at radius 1 is 1.69 bits per heavy atom. The van der Waals surface area contributed by atoms with Crippen LogP contribution < -0.4 is 10.6 Å². The van der Waals surface area contributed by atoms with Crippen LogP contribution in [0.1, 0.15) is 19.8 Å². The lowest BCUT2D eigenvalue weighted by Crippen LogP contribution is -2.47. The molecular weight excluding hydrogens is 184 g/mol. The molecule has 2 unspecified atom stereocenters. The Morgan fingerprint density at radius 3 is 3.08 bits per heavy atom. The molecule has 1 saturated heterocycles. The maximum absolute atomic E-state index is 11.3. The molecule has 0 aromatic heterocycles. The zero-order valence-electron chi connectivity index (χ0n) is 8.30. The monoisotopic (exact) mass is 202 g/mol. The molecule has 0 aliphatic carbocycles. The van der Waals surface area contributed by atoms with Crippen molar-refractivity contribution in [1.82, 2.24) is 10.6 Å². The molecule has 1 aliphatic heterocycles. The Balaban J connectivity index is 2.23. The Bertz CT molecular complexity index is 175. The fraction of sp³-hybridized carbons (Fsp3) is 0.889. The second kappa shape index (κ2) is 5.50. The minimum atomic E-state index is 0.173. The number of thioether (sulfide) groups is 1. The van der Waals surface area contributed by atoms with Crippen LogP contribution in [0.3, 0.4) is 0 Å². The molecule has 1 aliphatic rings. The Labute approximate surface area is 84.0 Å². The lowest BCUT2D eigenvalue weighted by molar-refractivity contribution is -0.119. The molecule has 0 spiro atoms. The van der Waals surface area contributed by atoms with Crippen LogP contribution in [-0.2, 0) is 4.79 Å². The highest BCUT2D eigenvalue weighted by Gasteiger charge is 2.19. The van der Waals surface area contributed by atoms with Crippen LogP contribution in [0.15, 0.2) is 0 Å². The Hall–Kier alpha value is -0.220. The number of hydrogen-bond acceptors (Lipinski definition) is 3. The van der Waals surface area contributed by atoms with Crippen LogP contribution in [0.5, 0.6) is 0 Å². The van der Waals surface area contributed by atoms with Gasteiger partial charge in [-0.2, -0.15) is 11.8 Å². The molecule has 0 saturated carbocycles. The highest BCUT2D eigenvalue weighted by atomic mass is 32.2. The van der Waals surface area contributed by atoms with Crippen LogP contribution in [-0.4, -0.2) is 36.5 Å². The van der Waals surface area contributed by atoms with Gasteiger partial charge in [0.15, 0.2) is 0 Å². The first kappa shape index (κ1) is 10.9. The molecule has 0 aromatic rings. The summed E-state index contributed by atoms with van der Waals surface area (Å²) in [7, 11) is 0. The van der Waals surface area contributed by atoms with E-state index in [1.807, 2.05) is 6.26 Å². The minimum Gasteiger partial charge on any atom is -0.353 e. The minimum absolute atomic E-state index is 0.173. The van der Waals surface area contributed by atoms with Crippen molar-refractivity contribution < 1.29 is 4.79 Å². The van der Waals surface area contributed by atoms with E-state index in [1.165, 1.54) is 0 Å². The van der Waals surface area contributed by atoms with Gasteiger partial charge in [-0.3, -0.25) is 4.79 Å². The lowest BCUT2D eigenvalue weighted by Gasteiger charge is -2.28. The Morgan fingerprint density at radius 2 is 2.46 bits per heavy atom. The molecule has 76 valence electrons. The zero-order valence-corrected chi connectivity index (χ0v) is 9.12. The number of carbonyl (C=O) groups excluding carboxylic acids is 1. The molecule has 0 radical (unpaired) electrons. The quantitative estimate of drug-likeness (QED) is 0.704. The summed E-state index contributed by atoms with van der Waals surface area (Å²) in [4.78, 5) is 11.3. The van der Waals surface area contributed by atoms with Gasteiger partial charge in [0.05, 0.1) is 5.75 Å². The van der Waals surface area contributed by atoms with E-state index in [-0.39, 0.29) is 5.91 Å². The molecule has 0 bridgehead atoms. The normalized spacial score (nSPS) is 28.5. The predicted octanol–water partition coefficient (Wildman–Crippen LogP) is 0.606. The van der Waals surface area contributed by atoms with Gasteiger partial charge in [0, 0.05) is 12.1 Å². The fourth-order valence-corrected chi connectivity index (χ4v) is 2.01. The lowest BCUT2D eigenvalue weighted by atomic mass is 10.0. The summed E-state index contributed by atoms with van der Waals surface area (Å²) in [5.41, 5.74) is 0. The van der Waals surface area contributed by atoms with Gasteiger partial charge in [-0.05, 0) is 32.6 Å². The maximum Gasteiger partial charge on any atom is 0.230 e. The van der Waals surface area contributed by atoms with Crippen LogP contribution >= 0.6 is 11.8 Å². The van der Waals surface area contributed by atoms with Gasteiger partial charge in [0.25, 0.3) is 0 Å². The van der Waals surface area contributed by atoms with Crippen LogP contribution in [0, 0.1) is 0 Å². The predicted molar refractivity (Wildman–Crippen MR) is 57.0 cm³/mol. The average molecular weight is 202 g/mol. The standard InChI is InChI=1S/C9H18N2OS/c1-7-5-8(3-4-10-7)11-9(12)6-13-2/h7-8,10H,3-6H2,1-2H3,(H,11,12). The average Bonchev–Trinajstić information content (AvgIpc) is 2.04. The third-order valence-electron chi connectivity index (χ3n) is 2.26. The number of carbonyl (C=O) groups is 1. The van der Waals surface area contributed by atoms with E-state index in [4.69, 9.17) is 0 Å². The molecule has 1 rings (SSSR count). The van der Waals surface area contributed by atoms with E-state index in [0.717, 1.165) is 19.4 Å². The third kappa shape index (κ3) is 4.00. The van der Waals surface area contributed by atoms with Gasteiger partial charge in [0.1, 0.15) is 0 Å². The summed E-state index contributed by atoms with van der Waals surface area (Å²) in [6.45, 7) is 3.18. The van der Waals surface area contributed by atoms with Crippen LogP contribution in [0.2, 0.25) is 0 Å². The summed E-state index contributed by atoms with van der Waals surface area (Å²) in [6, 6.07) is 0.921. The van der Waals surface area contributed by atoms with Gasteiger partial charge < -0.3 is 10.6 Å². The fourth-order valence-electron chi connectivity index (χ4n) is 1.66. The second-order valence-electron chi connectivity index (χ2n) is 3.58.